The molecule has 0 saturated heterocycles. The molecule has 0 saturated carbocycles. The standard InChI is InChI=1S/C32H50O2S/c1-5-7-9-11-13-15-17-19-27-23-29(21-25(3)31(27)33)35-30-22-26(4)32(34)28(24-30)20-18-16-14-12-10-8-6-2/h21-24,33-34H,5-20H2,1-4H3. The van der Waals surface area contributed by atoms with Crippen molar-refractivity contribution in [2.75, 3.05) is 0 Å². The van der Waals surface area contributed by atoms with Crippen LogP contribution in [0.3, 0.4) is 0 Å². The molecule has 0 fully saturated rings. The number of hydrogen-bond acceptors (Lipinski definition) is 3. The van der Waals surface area contributed by atoms with Gasteiger partial charge in [-0.15, -0.1) is 0 Å². The minimum absolute atomic E-state index is 0.460. The smallest absolute Gasteiger partial charge is 0.121 e. The van der Waals surface area contributed by atoms with Crippen LogP contribution in [0.15, 0.2) is 34.1 Å². The molecule has 0 unspecified atom stereocenters. The minimum Gasteiger partial charge on any atom is -0.507 e. The molecular formula is C32H50O2S. The molecule has 0 aliphatic heterocycles. The fraction of sp³-hybridized carbons (Fsp3) is 0.625. The molecule has 0 aliphatic rings. The molecule has 2 N–H and O–H groups in total. The van der Waals surface area contributed by atoms with Crippen molar-refractivity contribution in [2.24, 2.45) is 0 Å². The first-order valence-corrected chi connectivity index (χ1v) is 15.1. The van der Waals surface area contributed by atoms with E-state index in [0.29, 0.717) is 11.5 Å². The van der Waals surface area contributed by atoms with Crippen molar-refractivity contribution >= 4 is 11.8 Å². The highest BCUT2D eigenvalue weighted by Gasteiger charge is 2.12. The van der Waals surface area contributed by atoms with Crippen LogP contribution in [-0.2, 0) is 12.8 Å². The normalized spacial score (nSPS) is 11.3. The second-order valence-corrected chi connectivity index (χ2v) is 11.5. The highest BCUT2D eigenvalue weighted by atomic mass is 32.2. The van der Waals surface area contributed by atoms with Gasteiger partial charge in [-0.1, -0.05) is 103 Å². The van der Waals surface area contributed by atoms with E-state index in [-0.39, 0.29) is 0 Å². The van der Waals surface area contributed by atoms with Crippen molar-refractivity contribution in [3.8, 4) is 11.5 Å². The van der Waals surface area contributed by atoms with E-state index in [9.17, 15) is 10.2 Å². The first-order chi connectivity index (χ1) is 17.0. The van der Waals surface area contributed by atoms with Crippen LogP contribution in [0.2, 0.25) is 0 Å². The van der Waals surface area contributed by atoms with Gasteiger partial charge >= 0.3 is 0 Å². The van der Waals surface area contributed by atoms with Gasteiger partial charge in [0.05, 0.1) is 0 Å². The van der Waals surface area contributed by atoms with Gasteiger partial charge in [-0.05, 0) is 86.1 Å². The SMILES string of the molecule is CCCCCCCCCc1cc(Sc2cc(C)c(O)c(CCCCCCCCC)c2)cc(C)c1O. The van der Waals surface area contributed by atoms with E-state index >= 15 is 0 Å². The molecular weight excluding hydrogens is 448 g/mol. The number of benzene rings is 2. The molecule has 0 amide bonds. The van der Waals surface area contributed by atoms with Crippen molar-refractivity contribution in [3.63, 3.8) is 0 Å². The maximum absolute atomic E-state index is 10.6. The number of phenols is 2. The maximum Gasteiger partial charge on any atom is 0.121 e. The first-order valence-electron chi connectivity index (χ1n) is 14.3. The molecule has 0 atom stereocenters. The van der Waals surface area contributed by atoms with Gasteiger partial charge in [0.25, 0.3) is 0 Å². The number of aromatic hydroxyl groups is 2. The van der Waals surface area contributed by atoms with Crippen LogP contribution < -0.4 is 0 Å². The summed E-state index contributed by atoms with van der Waals surface area (Å²) in [5, 5.41) is 21.3. The van der Waals surface area contributed by atoms with E-state index in [0.717, 1.165) is 47.9 Å². The van der Waals surface area contributed by atoms with Crippen molar-refractivity contribution in [1.82, 2.24) is 0 Å². The Kier molecular flexibility index (Phi) is 14.3. The predicted molar refractivity (Wildman–Crippen MR) is 153 cm³/mol. The van der Waals surface area contributed by atoms with E-state index in [2.05, 4.69) is 38.1 Å². The monoisotopic (exact) mass is 498 g/mol. The van der Waals surface area contributed by atoms with Crippen LogP contribution in [0.25, 0.3) is 0 Å². The fourth-order valence-corrected chi connectivity index (χ4v) is 5.96. The summed E-state index contributed by atoms with van der Waals surface area (Å²) in [6.45, 7) is 8.52. The first kappa shape index (κ1) is 29.6. The molecule has 196 valence electrons. The van der Waals surface area contributed by atoms with E-state index in [4.69, 9.17) is 0 Å². The summed E-state index contributed by atoms with van der Waals surface area (Å²) in [6, 6.07) is 8.52. The highest BCUT2D eigenvalue weighted by molar-refractivity contribution is 7.99. The van der Waals surface area contributed by atoms with Crippen LogP contribution in [0.1, 0.15) is 126 Å². The van der Waals surface area contributed by atoms with E-state index in [1.807, 2.05) is 13.8 Å². The fourth-order valence-electron chi connectivity index (χ4n) is 4.81. The van der Waals surface area contributed by atoms with Crippen molar-refractivity contribution in [3.05, 3.63) is 46.5 Å². The Hall–Kier alpha value is -1.61. The minimum atomic E-state index is 0.460. The molecule has 0 spiro atoms. The van der Waals surface area contributed by atoms with Gasteiger partial charge in [0.15, 0.2) is 0 Å². The third-order valence-electron chi connectivity index (χ3n) is 7.04. The molecule has 2 rings (SSSR count). The van der Waals surface area contributed by atoms with Crippen LogP contribution >= 0.6 is 11.8 Å². The van der Waals surface area contributed by atoms with Gasteiger partial charge in [0, 0.05) is 9.79 Å². The molecule has 2 aromatic rings. The topological polar surface area (TPSA) is 40.5 Å². The van der Waals surface area contributed by atoms with E-state index < -0.39 is 0 Å². The molecule has 35 heavy (non-hydrogen) atoms. The second-order valence-electron chi connectivity index (χ2n) is 10.3. The third-order valence-corrected chi connectivity index (χ3v) is 7.98. The van der Waals surface area contributed by atoms with Crippen LogP contribution in [-0.4, -0.2) is 10.2 Å². The van der Waals surface area contributed by atoms with Gasteiger partial charge in [0.1, 0.15) is 11.5 Å². The Morgan fingerprint density at radius 2 is 0.857 bits per heavy atom. The van der Waals surface area contributed by atoms with Crippen LogP contribution in [0.4, 0.5) is 0 Å². The Morgan fingerprint density at radius 1 is 0.514 bits per heavy atom. The number of unbranched alkanes of at least 4 members (excludes halogenated alkanes) is 12. The average Bonchev–Trinajstić information content (AvgIpc) is 2.83. The van der Waals surface area contributed by atoms with Gasteiger partial charge in [-0.25, -0.2) is 0 Å². The summed E-state index contributed by atoms with van der Waals surface area (Å²) in [7, 11) is 0. The van der Waals surface area contributed by atoms with Crippen LogP contribution in [0.5, 0.6) is 11.5 Å². The largest absolute Gasteiger partial charge is 0.507 e. The Balaban J connectivity index is 1.96. The van der Waals surface area contributed by atoms with Gasteiger partial charge < -0.3 is 10.2 Å². The lowest BCUT2D eigenvalue weighted by Gasteiger charge is -2.13. The van der Waals surface area contributed by atoms with Gasteiger partial charge in [0.2, 0.25) is 0 Å². The lowest BCUT2D eigenvalue weighted by Crippen LogP contribution is -1.93. The summed E-state index contributed by atoms with van der Waals surface area (Å²) in [4.78, 5) is 2.34. The summed E-state index contributed by atoms with van der Waals surface area (Å²) < 4.78 is 0. The molecule has 3 heteroatoms. The Morgan fingerprint density at radius 3 is 1.23 bits per heavy atom. The number of aryl methyl sites for hydroxylation is 4. The number of hydrogen-bond donors (Lipinski definition) is 2. The molecule has 0 aromatic heterocycles. The summed E-state index contributed by atoms with van der Waals surface area (Å²) in [6.07, 6.45) is 19.8. The van der Waals surface area contributed by atoms with Crippen molar-refractivity contribution < 1.29 is 10.2 Å². The third kappa shape index (κ3) is 10.9. The maximum atomic E-state index is 10.6. The van der Waals surface area contributed by atoms with Crippen molar-refractivity contribution in [1.29, 1.82) is 0 Å². The highest BCUT2D eigenvalue weighted by Crippen LogP contribution is 2.37. The zero-order chi connectivity index (χ0) is 25.5. The quantitative estimate of drug-likeness (QED) is 0.201. The molecule has 0 radical (unpaired) electrons. The predicted octanol–water partition coefficient (Wildman–Crippen LogP) is 10.5. The number of phenolic OH excluding ortho intramolecular Hbond substituents is 2. The molecule has 0 bridgehead atoms. The summed E-state index contributed by atoms with van der Waals surface area (Å²) >= 11 is 1.75. The van der Waals surface area contributed by atoms with Gasteiger partial charge in [-0.3, -0.25) is 0 Å². The van der Waals surface area contributed by atoms with Crippen molar-refractivity contribution in [2.45, 2.75) is 140 Å². The van der Waals surface area contributed by atoms with E-state index in [1.165, 1.54) is 86.8 Å². The molecule has 2 aromatic carbocycles. The lowest BCUT2D eigenvalue weighted by atomic mass is 10.0. The average molecular weight is 499 g/mol. The molecule has 0 heterocycles. The molecule has 0 aliphatic carbocycles. The zero-order valence-corrected chi connectivity index (χ0v) is 23.7. The lowest BCUT2D eigenvalue weighted by molar-refractivity contribution is 0.461. The van der Waals surface area contributed by atoms with Crippen LogP contribution in [0, 0.1) is 13.8 Å². The zero-order valence-electron chi connectivity index (χ0n) is 22.9. The second kappa shape index (κ2) is 17.0. The Labute approximate surface area is 219 Å². The number of rotatable bonds is 18. The van der Waals surface area contributed by atoms with Gasteiger partial charge in [-0.2, -0.15) is 0 Å². The molecule has 2 nitrogen and oxygen atoms in total. The summed E-state index contributed by atoms with van der Waals surface area (Å²) in [5.41, 5.74) is 4.04. The summed E-state index contributed by atoms with van der Waals surface area (Å²) in [5.74, 6) is 0.920. The Bertz CT molecular complexity index is 803. The van der Waals surface area contributed by atoms with E-state index in [1.54, 1.807) is 11.8 Å².